The molecule has 1 aliphatic rings. The molecule has 2 aromatic carbocycles. The van der Waals surface area contributed by atoms with Crippen LogP contribution in [0.25, 0.3) is 10.9 Å². The number of nitrogens with zero attached hydrogens (tertiary/aromatic N) is 4. The third-order valence-corrected chi connectivity index (χ3v) is 6.18. The lowest BCUT2D eigenvalue weighted by Gasteiger charge is -2.37. The fraction of sp³-hybridized carbons (Fsp3) is 0.360. The fourth-order valence-electron chi connectivity index (χ4n) is 4.25. The molecule has 1 aromatic heterocycles. The Kier molecular flexibility index (Phi) is 7.37. The van der Waals surface area contributed by atoms with Gasteiger partial charge in [0.2, 0.25) is 11.8 Å². The summed E-state index contributed by atoms with van der Waals surface area (Å²) in [5, 5.41) is 2.94. The molecule has 0 spiro atoms. The number of methoxy groups -OCH3 is 2. The molecular weight excluding hydrogens is 469 g/mol. The van der Waals surface area contributed by atoms with Gasteiger partial charge in [0.1, 0.15) is 18.4 Å². The quantitative estimate of drug-likeness (QED) is 0.526. The van der Waals surface area contributed by atoms with Crippen molar-refractivity contribution in [2.75, 3.05) is 45.3 Å². The van der Waals surface area contributed by atoms with Crippen molar-refractivity contribution in [3.8, 4) is 11.5 Å². The van der Waals surface area contributed by atoms with E-state index in [0.29, 0.717) is 48.9 Å². The molecule has 1 fully saturated rings. The van der Waals surface area contributed by atoms with Crippen LogP contribution >= 0.6 is 0 Å². The van der Waals surface area contributed by atoms with E-state index < -0.39 is 17.5 Å². The molecular formula is C25H28FN5O5. The van der Waals surface area contributed by atoms with Crippen LogP contribution in [-0.2, 0) is 16.1 Å². The Hall–Kier alpha value is -4.15. The highest BCUT2D eigenvalue weighted by Gasteiger charge is 2.27. The van der Waals surface area contributed by atoms with Crippen molar-refractivity contribution in [3.05, 3.63) is 58.9 Å². The molecule has 11 heteroatoms. The van der Waals surface area contributed by atoms with Gasteiger partial charge in [0.05, 0.1) is 37.1 Å². The maximum atomic E-state index is 14.1. The number of halogens is 1. The van der Waals surface area contributed by atoms with Crippen LogP contribution in [0.5, 0.6) is 11.5 Å². The molecule has 1 saturated heterocycles. The lowest BCUT2D eigenvalue weighted by molar-refractivity contribution is -0.136. The topological polar surface area (TPSA) is 106 Å². The van der Waals surface area contributed by atoms with Crippen LogP contribution in [0.15, 0.2) is 47.5 Å². The van der Waals surface area contributed by atoms with Crippen LogP contribution in [0.1, 0.15) is 6.92 Å². The first-order chi connectivity index (χ1) is 17.3. The van der Waals surface area contributed by atoms with E-state index in [9.17, 15) is 18.8 Å². The van der Waals surface area contributed by atoms with Crippen LogP contribution < -0.4 is 25.2 Å². The maximum Gasteiger partial charge on any atom is 0.261 e. The molecule has 1 N–H and O–H groups in total. The number of carbonyl (C=O) groups excluding carboxylic acids is 2. The number of amides is 2. The zero-order valence-corrected chi connectivity index (χ0v) is 20.4. The van der Waals surface area contributed by atoms with Crippen molar-refractivity contribution in [3.63, 3.8) is 0 Å². The van der Waals surface area contributed by atoms with Crippen LogP contribution in [0.4, 0.5) is 10.1 Å². The third kappa shape index (κ3) is 5.09. The molecule has 0 aliphatic carbocycles. The number of nitrogens with one attached hydrogen (secondary N) is 1. The summed E-state index contributed by atoms with van der Waals surface area (Å²) in [5.41, 5.74) is 0.503. The summed E-state index contributed by atoms with van der Waals surface area (Å²) in [5.74, 6) is -0.217. The molecule has 1 aliphatic heterocycles. The van der Waals surface area contributed by atoms with Gasteiger partial charge < -0.3 is 24.6 Å². The van der Waals surface area contributed by atoms with Crippen molar-refractivity contribution in [2.45, 2.75) is 19.5 Å². The number of rotatable bonds is 7. The molecule has 4 rings (SSSR count). The Morgan fingerprint density at radius 1 is 1.08 bits per heavy atom. The number of fused-ring (bicyclic) bond motifs is 1. The summed E-state index contributed by atoms with van der Waals surface area (Å²) in [6.07, 6.45) is 1.28. The number of hydrogen-bond acceptors (Lipinski definition) is 7. The fourth-order valence-corrected chi connectivity index (χ4v) is 4.25. The SMILES string of the molecule is COc1cc2ncn(CC(=O)NC(C)C(=O)N3CCN(c4ccccc4F)CC3)c(=O)c2cc1OC. The summed E-state index contributed by atoms with van der Waals surface area (Å²) in [6.45, 7) is 3.09. The second-order valence-electron chi connectivity index (χ2n) is 8.45. The van der Waals surface area contributed by atoms with Gasteiger partial charge in [-0.25, -0.2) is 9.37 Å². The molecule has 0 saturated carbocycles. The molecule has 2 amide bonds. The van der Waals surface area contributed by atoms with Gasteiger partial charge in [-0.2, -0.15) is 0 Å². The Balaban J connectivity index is 1.37. The summed E-state index contributed by atoms with van der Waals surface area (Å²) >= 11 is 0. The van der Waals surface area contributed by atoms with Gasteiger partial charge in [-0.05, 0) is 25.1 Å². The summed E-state index contributed by atoms with van der Waals surface area (Å²) in [4.78, 5) is 46.2. The highest BCUT2D eigenvalue weighted by molar-refractivity contribution is 5.87. The standard InChI is InChI=1S/C25H28FN5O5/c1-16(24(33)30-10-8-29(9-11-30)20-7-5-4-6-18(20)26)28-23(32)14-31-15-27-19-13-22(36-3)21(35-2)12-17(19)25(31)34/h4-7,12-13,15-16H,8-11,14H2,1-3H3,(H,28,32). The number of carbonyl (C=O) groups is 2. The van der Waals surface area contributed by atoms with E-state index in [1.54, 1.807) is 36.1 Å². The minimum atomic E-state index is -0.786. The van der Waals surface area contributed by atoms with Gasteiger partial charge in [0, 0.05) is 32.2 Å². The van der Waals surface area contributed by atoms with Gasteiger partial charge in [0.25, 0.3) is 5.56 Å². The zero-order chi connectivity index (χ0) is 25.8. The molecule has 36 heavy (non-hydrogen) atoms. The van der Waals surface area contributed by atoms with E-state index in [4.69, 9.17) is 9.47 Å². The zero-order valence-electron chi connectivity index (χ0n) is 20.4. The number of piperazine rings is 1. The van der Waals surface area contributed by atoms with Crippen molar-refractivity contribution in [1.29, 1.82) is 0 Å². The molecule has 3 aromatic rings. The average Bonchev–Trinajstić information content (AvgIpc) is 2.89. The van der Waals surface area contributed by atoms with E-state index in [-0.39, 0.29) is 23.7 Å². The predicted octanol–water partition coefficient (Wildman–Crippen LogP) is 1.41. The lowest BCUT2D eigenvalue weighted by atomic mass is 10.2. The Morgan fingerprint density at radius 3 is 2.42 bits per heavy atom. The summed E-state index contributed by atoms with van der Waals surface area (Å²) in [7, 11) is 2.95. The van der Waals surface area contributed by atoms with E-state index in [1.807, 2.05) is 4.90 Å². The summed E-state index contributed by atoms with van der Waals surface area (Å²) < 4.78 is 25.7. The van der Waals surface area contributed by atoms with Crippen molar-refractivity contribution >= 4 is 28.4 Å². The van der Waals surface area contributed by atoms with E-state index in [2.05, 4.69) is 10.3 Å². The smallest absolute Gasteiger partial charge is 0.261 e. The van der Waals surface area contributed by atoms with Crippen LogP contribution in [0.3, 0.4) is 0 Å². The second-order valence-corrected chi connectivity index (χ2v) is 8.45. The summed E-state index contributed by atoms with van der Waals surface area (Å²) in [6, 6.07) is 8.86. The average molecular weight is 498 g/mol. The molecule has 0 bridgehead atoms. The van der Waals surface area contributed by atoms with Crippen LogP contribution in [0.2, 0.25) is 0 Å². The second kappa shape index (κ2) is 10.6. The van der Waals surface area contributed by atoms with Gasteiger partial charge in [-0.1, -0.05) is 12.1 Å². The Bertz CT molecular complexity index is 1340. The number of ether oxygens (including phenoxy) is 2. The number of para-hydroxylation sites is 1. The van der Waals surface area contributed by atoms with E-state index >= 15 is 0 Å². The van der Waals surface area contributed by atoms with Gasteiger partial charge >= 0.3 is 0 Å². The molecule has 1 atom stereocenters. The number of hydrogen-bond donors (Lipinski definition) is 1. The maximum absolute atomic E-state index is 14.1. The van der Waals surface area contributed by atoms with Gasteiger partial charge in [-0.3, -0.25) is 19.0 Å². The van der Waals surface area contributed by atoms with Gasteiger partial charge in [-0.15, -0.1) is 0 Å². The van der Waals surface area contributed by atoms with E-state index in [1.165, 1.54) is 37.2 Å². The van der Waals surface area contributed by atoms with Crippen molar-refractivity contribution in [1.82, 2.24) is 19.8 Å². The minimum absolute atomic E-state index is 0.239. The normalized spacial score (nSPS) is 14.4. The third-order valence-electron chi connectivity index (χ3n) is 6.18. The molecule has 10 nitrogen and oxygen atoms in total. The molecule has 190 valence electrons. The molecule has 1 unspecified atom stereocenters. The molecule has 2 heterocycles. The van der Waals surface area contributed by atoms with E-state index in [0.717, 1.165) is 0 Å². The number of aromatic nitrogens is 2. The van der Waals surface area contributed by atoms with Crippen LogP contribution in [-0.4, -0.2) is 72.7 Å². The first kappa shape index (κ1) is 25.0. The predicted molar refractivity (Wildman–Crippen MR) is 132 cm³/mol. The Labute approximate surface area is 207 Å². The monoisotopic (exact) mass is 497 g/mol. The first-order valence-corrected chi connectivity index (χ1v) is 11.5. The van der Waals surface area contributed by atoms with Crippen LogP contribution in [0, 0.1) is 5.82 Å². The largest absolute Gasteiger partial charge is 0.493 e. The highest BCUT2D eigenvalue weighted by Crippen LogP contribution is 2.29. The number of anilines is 1. The minimum Gasteiger partial charge on any atom is -0.493 e. The van der Waals surface area contributed by atoms with Gasteiger partial charge in [0.15, 0.2) is 11.5 Å². The highest BCUT2D eigenvalue weighted by atomic mass is 19.1. The molecule has 0 radical (unpaired) electrons. The lowest BCUT2D eigenvalue weighted by Crippen LogP contribution is -2.54. The first-order valence-electron chi connectivity index (χ1n) is 11.5. The van der Waals surface area contributed by atoms with Crippen molar-refractivity contribution < 1.29 is 23.5 Å². The Morgan fingerprint density at radius 2 is 1.75 bits per heavy atom. The number of benzene rings is 2. The van der Waals surface area contributed by atoms with Crippen molar-refractivity contribution in [2.24, 2.45) is 0 Å².